The highest BCUT2D eigenvalue weighted by molar-refractivity contribution is 9.11. The molecular formula is C25H19Br3N4O4. The number of benzene rings is 3. The first-order valence-electron chi connectivity index (χ1n) is 10.9. The molecule has 0 fully saturated rings. The molecule has 0 atom stereocenters. The summed E-state index contributed by atoms with van der Waals surface area (Å²) in [6.07, 6.45) is 2.72. The standard InChI is InChI=1S/C25H19Br3N4O4/c1-2-3-23-30-21-9-8-18(27)12-19(21)25(33)31(23)29-13-16-10-20(28)24(22(11-16)32(34)35)36-14-15-4-6-17(26)7-5-15/h4-13H,2-3,14H2,1H3. The van der Waals surface area contributed by atoms with E-state index in [-0.39, 0.29) is 23.6 Å². The number of nitro groups is 1. The zero-order chi connectivity index (χ0) is 25.8. The van der Waals surface area contributed by atoms with E-state index in [4.69, 9.17) is 4.74 Å². The molecule has 0 aliphatic carbocycles. The van der Waals surface area contributed by atoms with Crippen molar-refractivity contribution in [1.29, 1.82) is 0 Å². The minimum atomic E-state index is -0.511. The first kappa shape index (κ1) is 26.2. The molecule has 0 spiro atoms. The monoisotopic (exact) mass is 676 g/mol. The van der Waals surface area contributed by atoms with Crippen molar-refractivity contribution in [3.05, 3.63) is 105 Å². The van der Waals surface area contributed by atoms with Gasteiger partial charge in [-0.15, -0.1) is 0 Å². The highest BCUT2D eigenvalue weighted by Gasteiger charge is 2.20. The van der Waals surface area contributed by atoms with E-state index in [0.717, 1.165) is 20.9 Å². The normalized spacial score (nSPS) is 11.3. The van der Waals surface area contributed by atoms with Crippen LogP contribution >= 0.6 is 47.8 Å². The quantitative estimate of drug-likeness (QED) is 0.113. The number of ether oxygens (including phenoxy) is 1. The number of halogens is 3. The van der Waals surface area contributed by atoms with Crippen LogP contribution in [0.2, 0.25) is 0 Å². The summed E-state index contributed by atoms with van der Waals surface area (Å²) < 4.78 is 9.11. The number of aryl methyl sites for hydroxylation is 1. The summed E-state index contributed by atoms with van der Waals surface area (Å²) in [6.45, 7) is 2.15. The third-order valence-electron chi connectivity index (χ3n) is 5.21. The summed E-state index contributed by atoms with van der Waals surface area (Å²) in [7, 11) is 0. The lowest BCUT2D eigenvalue weighted by Gasteiger charge is -2.11. The van der Waals surface area contributed by atoms with Gasteiger partial charge in [0, 0.05) is 27.0 Å². The molecule has 1 aromatic heterocycles. The lowest BCUT2D eigenvalue weighted by Crippen LogP contribution is -2.22. The molecule has 36 heavy (non-hydrogen) atoms. The summed E-state index contributed by atoms with van der Waals surface area (Å²) >= 11 is 10.2. The van der Waals surface area contributed by atoms with Gasteiger partial charge in [-0.05, 0) is 64.3 Å². The largest absolute Gasteiger partial charge is 0.481 e. The number of fused-ring (bicyclic) bond motifs is 1. The van der Waals surface area contributed by atoms with Crippen molar-refractivity contribution in [3.8, 4) is 5.75 Å². The third-order valence-corrected chi connectivity index (χ3v) is 6.82. The fourth-order valence-corrected chi connectivity index (χ4v) is 4.72. The summed E-state index contributed by atoms with van der Waals surface area (Å²) in [4.78, 5) is 29.1. The third kappa shape index (κ3) is 5.91. The van der Waals surface area contributed by atoms with E-state index < -0.39 is 4.92 Å². The maximum absolute atomic E-state index is 13.2. The van der Waals surface area contributed by atoms with Crippen LogP contribution in [0.5, 0.6) is 5.75 Å². The number of hydrogen-bond acceptors (Lipinski definition) is 6. The van der Waals surface area contributed by atoms with E-state index in [2.05, 4.69) is 57.9 Å². The molecule has 184 valence electrons. The Bertz CT molecular complexity index is 1540. The molecule has 0 saturated carbocycles. The Morgan fingerprint density at radius 3 is 2.50 bits per heavy atom. The van der Waals surface area contributed by atoms with Crippen LogP contribution in [0.3, 0.4) is 0 Å². The second-order valence-corrected chi connectivity index (χ2v) is 10.5. The molecular weight excluding hydrogens is 660 g/mol. The molecule has 11 heteroatoms. The van der Waals surface area contributed by atoms with E-state index in [9.17, 15) is 14.9 Å². The Balaban J connectivity index is 1.70. The lowest BCUT2D eigenvalue weighted by molar-refractivity contribution is -0.386. The first-order valence-corrected chi connectivity index (χ1v) is 13.3. The van der Waals surface area contributed by atoms with Crippen LogP contribution in [0.15, 0.2) is 77.9 Å². The van der Waals surface area contributed by atoms with Crippen molar-refractivity contribution < 1.29 is 9.66 Å². The van der Waals surface area contributed by atoms with Crippen LogP contribution in [-0.4, -0.2) is 20.8 Å². The van der Waals surface area contributed by atoms with Gasteiger partial charge in [-0.3, -0.25) is 14.9 Å². The molecule has 3 aromatic carbocycles. The fourth-order valence-electron chi connectivity index (χ4n) is 3.51. The van der Waals surface area contributed by atoms with Gasteiger partial charge in [0.05, 0.1) is 26.5 Å². The van der Waals surface area contributed by atoms with Crippen molar-refractivity contribution in [2.75, 3.05) is 0 Å². The zero-order valence-corrected chi connectivity index (χ0v) is 23.7. The molecule has 0 aliphatic rings. The minimum Gasteiger partial charge on any atom is -0.481 e. The van der Waals surface area contributed by atoms with Crippen molar-refractivity contribution in [1.82, 2.24) is 9.66 Å². The van der Waals surface area contributed by atoms with Gasteiger partial charge >= 0.3 is 5.69 Å². The molecule has 0 radical (unpaired) electrons. The molecule has 4 rings (SSSR count). The topological polar surface area (TPSA) is 99.6 Å². The second kappa shape index (κ2) is 11.4. The lowest BCUT2D eigenvalue weighted by atomic mass is 10.2. The summed E-state index contributed by atoms with van der Waals surface area (Å²) in [5, 5.41) is 16.6. The SMILES string of the molecule is CCCc1nc2ccc(Br)cc2c(=O)n1N=Cc1cc(Br)c(OCc2ccc(Br)cc2)c([N+](=O)[O-])c1. The maximum atomic E-state index is 13.2. The second-order valence-electron chi connectivity index (χ2n) is 7.82. The Labute approximate surface area is 231 Å². The van der Waals surface area contributed by atoms with Crippen molar-refractivity contribution in [2.45, 2.75) is 26.4 Å². The van der Waals surface area contributed by atoms with Gasteiger partial charge < -0.3 is 4.74 Å². The van der Waals surface area contributed by atoms with Crippen LogP contribution in [0.1, 0.15) is 30.3 Å². The molecule has 0 unspecified atom stereocenters. The van der Waals surface area contributed by atoms with Crippen LogP contribution in [-0.2, 0) is 13.0 Å². The molecule has 0 aliphatic heterocycles. The van der Waals surface area contributed by atoms with E-state index in [1.807, 2.05) is 37.3 Å². The molecule has 0 amide bonds. The Hall–Kier alpha value is -2.89. The van der Waals surface area contributed by atoms with E-state index in [1.165, 1.54) is 17.0 Å². The van der Waals surface area contributed by atoms with Crippen LogP contribution in [0.4, 0.5) is 5.69 Å². The average Bonchev–Trinajstić information content (AvgIpc) is 2.84. The molecule has 1 heterocycles. The smallest absolute Gasteiger partial charge is 0.312 e. The molecule has 0 bridgehead atoms. The highest BCUT2D eigenvalue weighted by atomic mass is 79.9. The number of hydrogen-bond donors (Lipinski definition) is 0. The highest BCUT2D eigenvalue weighted by Crippen LogP contribution is 2.36. The van der Waals surface area contributed by atoms with E-state index >= 15 is 0 Å². The predicted molar refractivity (Wildman–Crippen MR) is 150 cm³/mol. The average molecular weight is 679 g/mol. The van der Waals surface area contributed by atoms with Crippen molar-refractivity contribution in [2.24, 2.45) is 5.10 Å². The van der Waals surface area contributed by atoms with Gasteiger partial charge in [-0.2, -0.15) is 9.78 Å². The molecule has 0 N–H and O–H groups in total. The van der Waals surface area contributed by atoms with Gasteiger partial charge in [-0.1, -0.05) is 50.9 Å². The molecule has 0 saturated heterocycles. The summed E-state index contributed by atoms with van der Waals surface area (Å²) in [5.74, 6) is 0.623. The Morgan fingerprint density at radius 1 is 1.08 bits per heavy atom. The Kier molecular flexibility index (Phi) is 8.32. The minimum absolute atomic E-state index is 0.112. The van der Waals surface area contributed by atoms with E-state index in [0.29, 0.717) is 33.2 Å². The van der Waals surface area contributed by atoms with Gasteiger partial charge in [0.25, 0.3) is 5.56 Å². The Morgan fingerprint density at radius 2 is 1.81 bits per heavy atom. The fraction of sp³-hybridized carbons (Fsp3) is 0.160. The van der Waals surface area contributed by atoms with Gasteiger partial charge in [-0.25, -0.2) is 4.98 Å². The number of nitro benzene ring substituents is 1. The van der Waals surface area contributed by atoms with E-state index in [1.54, 1.807) is 18.2 Å². The predicted octanol–water partition coefficient (Wildman–Crippen LogP) is 7.01. The molecule has 8 nitrogen and oxygen atoms in total. The molecule has 4 aromatic rings. The van der Waals surface area contributed by atoms with Crippen molar-refractivity contribution >= 4 is 70.6 Å². The van der Waals surface area contributed by atoms with Crippen LogP contribution in [0, 0.1) is 10.1 Å². The van der Waals surface area contributed by atoms with Crippen molar-refractivity contribution in [3.63, 3.8) is 0 Å². The summed E-state index contributed by atoms with van der Waals surface area (Å²) in [5.41, 5.74) is 1.34. The number of rotatable bonds is 8. The van der Waals surface area contributed by atoms with Gasteiger partial charge in [0.15, 0.2) is 0 Å². The zero-order valence-electron chi connectivity index (χ0n) is 19.0. The first-order chi connectivity index (χ1) is 17.3. The maximum Gasteiger partial charge on any atom is 0.312 e. The van der Waals surface area contributed by atoms with Crippen LogP contribution in [0.25, 0.3) is 10.9 Å². The van der Waals surface area contributed by atoms with Gasteiger partial charge in [0.2, 0.25) is 5.75 Å². The summed E-state index contributed by atoms with van der Waals surface area (Å²) in [6, 6.07) is 15.8. The number of nitrogens with zero attached hydrogens (tertiary/aromatic N) is 4. The van der Waals surface area contributed by atoms with Gasteiger partial charge in [0.1, 0.15) is 12.4 Å². The number of aromatic nitrogens is 2. The van der Waals surface area contributed by atoms with Crippen LogP contribution < -0.4 is 10.3 Å².